The van der Waals surface area contributed by atoms with Gasteiger partial charge in [-0.2, -0.15) is 0 Å². The molecule has 3 aliphatic rings. The van der Waals surface area contributed by atoms with E-state index in [0.29, 0.717) is 16.8 Å². The molecule has 2 aliphatic carbocycles. The van der Waals surface area contributed by atoms with Crippen LogP contribution < -0.4 is 5.32 Å². The van der Waals surface area contributed by atoms with Gasteiger partial charge in [-0.3, -0.25) is 14.5 Å². The van der Waals surface area contributed by atoms with Crippen molar-refractivity contribution in [2.45, 2.75) is 57.4 Å². The van der Waals surface area contributed by atoms with Crippen LogP contribution >= 0.6 is 11.6 Å². The Morgan fingerprint density at radius 1 is 0.897 bits per heavy atom. The molecule has 1 aromatic carbocycles. The fraction of sp³-hybridized carbons (Fsp3) is 0.652. The molecule has 5 nitrogen and oxygen atoms in total. The van der Waals surface area contributed by atoms with Gasteiger partial charge >= 0.3 is 0 Å². The number of anilines is 1. The molecule has 0 radical (unpaired) electrons. The summed E-state index contributed by atoms with van der Waals surface area (Å²) in [6.07, 6.45) is 9.10. The molecule has 4 rings (SSSR count). The summed E-state index contributed by atoms with van der Waals surface area (Å²) < 4.78 is 0. The first-order valence-electron chi connectivity index (χ1n) is 11.2. The van der Waals surface area contributed by atoms with E-state index < -0.39 is 0 Å². The lowest BCUT2D eigenvalue weighted by molar-refractivity contribution is -0.138. The van der Waals surface area contributed by atoms with Crippen LogP contribution in [0, 0.1) is 11.8 Å². The predicted molar refractivity (Wildman–Crippen MR) is 116 cm³/mol. The van der Waals surface area contributed by atoms with Crippen molar-refractivity contribution in [1.29, 1.82) is 0 Å². The van der Waals surface area contributed by atoms with E-state index in [1.807, 2.05) is 17.0 Å². The van der Waals surface area contributed by atoms with Crippen molar-refractivity contribution in [3.63, 3.8) is 0 Å². The zero-order valence-electron chi connectivity index (χ0n) is 17.1. The highest BCUT2D eigenvalue weighted by atomic mass is 35.5. The number of hydrogen-bond donors (Lipinski definition) is 1. The number of nitrogens with zero attached hydrogens (tertiary/aromatic N) is 2. The van der Waals surface area contributed by atoms with Crippen LogP contribution in [0.3, 0.4) is 0 Å². The molecule has 1 N–H and O–H groups in total. The molecule has 3 fully saturated rings. The van der Waals surface area contributed by atoms with Gasteiger partial charge in [-0.1, -0.05) is 37.3 Å². The first kappa shape index (κ1) is 20.7. The second kappa shape index (κ2) is 9.48. The van der Waals surface area contributed by atoms with Crippen molar-refractivity contribution in [2.75, 3.05) is 31.5 Å². The fourth-order valence-corrected chi connectivity index (χ4v) is 5.48. The van der Waals surface area contributed by atoms with E-state index in [1.54, 1.807) is 12.1 Å². The number of halogens is 1. The predicted octanol–water partition coefficient (Wildman–Crippen LogP) is 4.17. The van der Waals surface area contributed by atoms with E-state index in [0.717, 1.165) is 57.5 Å². The van der Waals surface area contributed by atoms with Crippen molar-refractivity contribution >= 4 is 29.1 Å². The molecule has 158 valence electrons. The van der Waals surface area contributed by atoms with Crippen LogP contribution in [0.15, 0.2) is 24.3 Å². The minimum Gasteiger partial charge on any atom is -0.340 e. The summed E-state index contributed by atoms with van der Waals surface area (Å²) in [6, 6.07) is 7.19. The average molecular weight is 418 g/mol. The maximum atomic E-state index is 13.2. The molecule has 2 saturated carbocycles. The van der Waals surface area contributed by atoms with Gasteiger partial charge in [-0.25, -0.2) is 0 Å². The minimum atomic E-state index is -0.114. The van der Waals surface area contributed by atoms with Crippen LogP contribution in [-0.4, -0.2) is 53.8 Å². The molecular formula is C23H32ClN3O2. The van der Waals surface area contributed by atoms with Crippen molar-refractivity contribution in [3.05, 3.63) is 29.3 Å². The van der Waals surface area contributed by atoms with Crippen LogP contribution in [0.5, 0.6) is 0 Å². The number of hydrogen-bond acceptors (Lipinski definition) is 3. The lowest BCUT2D eigenvalue weighted by Gasteiger charge is -2.41. The minimum absolute atomic E-state index is 0.0785. The monoisotopic (exact) mass is 417 g/mol. The number of benzene rings is 1. The smallest absolute Gasteiger partial charge is 0.242 e. The Morgan fingerprint density at radius 2 is 1.48 bits per heavy atom. The standard InChI is InChI=1S/C23H32ClN3O2/c24-19-9-11-20(12-10-19)25-22(28)21(17-5-1-2-6-17)26-13-15-27(16-14-26)23(29)18-7-3-4-8-18/h9-12,17-18,21H,1-8,13-16H2,(H,25,28)/t21-/m0/s1. The Balaban J connectivity index is 1.40. The van der Waals surface area contributed by atoms with E-state index in [9.17, 15) is 9.59 Å². The van der Waals surface area contributed by atoms with Crippen LogP contribution in [0.4, 0.5) is 5.69 Å². The molecule has 0 unspecified atom stereocenters. The third-order valence-corrected chi connectivity index (χ3v) is 7.20. The third-order valence-electron chi connectivity index (χ3n) is 6.95. The Morgan fingerprint density at radius 3 is 2.10 bits per heavy atom. The highest BCUT2D eigenvalue weighted by molar-refractivity contribution is 6.30. The average Bonchev–Trinajstić information content (AvgIpc) is 3.44. The summed E-state index contributed by atoms with van der Waals surface area (Å²) in [4.78, 5) is 30.4. The zero-order valence-corrected chi connectivity index (χ0v) is 17.9. The molecule has 1 aliphatic heterocycles. The zero-order chi connectivity index (χ0) is 20.2. The largest absolute Gasteiger partial charge is 0.340 e. The Kier molecular flexibility index (Phi) is 6.76. The molecule has 1 heterocycles. The Hall–Kier alpha value is -1.59. The summed E-state index contributed by atoms with van der Waals surface area (Å²) in [5, 5.41) is 3.77. The van der Waals surface area contributed by atoms with Gasteiger partial charge in [0, 0.05) is 42.8 Å². The van der Waals surface area contributed by atoms with E-state index in [4.69, 9.17) is 11.6 Å². The fourth-order valence-electron chi connectivity index (χ4n) is 5.35. The van der Waals surface area contributed by atoms with Crippen LogP contribution in [0.2, 0.25) is 5.02 Å². The number of amides is 2. The number of rotatable bonds is 5. The molecule has 0 bridgehead atoms. The first-order valence-corrected chi connectivity index (χ1v) is 11.6. The van der Waals surface area contributed by atoms with Gasteiger partial charge in [0.2, 0.25) is 11.8 Å². The summed E-state index contributed by atoms with van der Waals surface area (Å²) >= 11 is 5.97. The van der Waals surface area contributed by atoms with Gasteiger partial charge in [0.25, 0.3) is 0 Å². The molecule has 2 amide bonds. The summed E-state index contributed by atoms with van der Waals surface area (Å²) in [5.41, 5.74) is 0.789. The van der Waals surface area contributed by atoms with Gasteiger partial charge in [0.15, 0.2) is 0 Å². The second-order valence-electron chi connectivity index (χ2n) is 8.83. The van der Waals surface area contributed by atoms with Crippen molar-refractivity contribution in [3.8, 4) is 0 Å². The first-order chi connectivity index (χ1) is 14.1. The Bertz CT molecular complexity index is 703. The SMILES string of the molecule is O=C(Nc1ccc(Cl)cc1)[C@H](C1CCCC1)N1CCN(C(=O)C2CCCC2)CC1. The highest BCUT2D eigenvalue weighted by Crippen LogP contribution is 2.32. The van der Waals surface area contributed by atoms with E-state index >= 15 is 0 Å². The summed E-state index contributed by atoms with van der Waals surface area (Å²) in [6.45, 7) is 3.06. The maximum Gasteiger partial charge on any atom is 0.242 e. The van der Waals surface area contributed by atoms with Gasteiger partial charge in [-0.15, -0.1) is 0 Å². The molecule has 1 aromatic rings. The molecule has 0 aromatic heterocycles. The molecular weight excluding hydrogens is 386 g/mol. The number of nitrogens with one attached hydrogen (secondary N) is 1. The van der Waals surface area contributed by atoms with Gasteiger partial charge in [0.1, 0.15) is 0 Å². The third kappa shape index (κ3) is 4.95. The normalized spacial score (nSPS) is 22.7. The molecule has 0 spiro atoms. The van der Waals surface area contributed by atoms with Gasteiger partial charge in [0.05, 0.1) is 6.04 Å². The van der Waals surface area contributed by atoms with Crippen molar-refractivity contribution in [2.24, 2.45) is 11.8 Å². The summed E-state index contributed by atoms with van der Waals surface area (Å²) in [7, 11) is 0. The quantitative estimate of drug-likeness (QED) is 0.782. The lowest BCUT2D eigenvalue weighted by atomic mass is 9.94. The van der Waals surface area contributed by atoms with Gasteiger partial charge in [-0.05, 0) is 55.9 Å². The highest BCUT2D eigenvalue weighted by Gasteiger charge is 2.38. The van der Waals surface area contributed by atoms with Crippen LogP contribution in [0.25, 0.3) is 0 Å². The topological polar surface area (TPSA) is 52.7 Å². The van der Waals surface area contributed by atoms with E-state index in [1.165, 1.54) is 25.7 Å². The van der Waals surface area contributed by atoms with Crippen LogP contribution in [-0.2, 0) is 9.59 Å². The Labute approximate surface area is 178 Å². The lowest BCUT2D eigenvalue weighted by Crippen LogP contribution is -2.57. The van der Waals surface area contributed by atoms with Crippen molar-refractivity contribution < 1.29 is 9.59 Å². The molecule has 29 heavy (non-hydrogen) atoms. The van der Waals surface area contributed by atoms with Crippen LogP contribution in [0.1, 0.15) is 51.4 Å². The molecule has 1 saturated heterocycles. The number of carbonyl (C=O) groups excluding carboxylic acids is 2. The van der Waals surface area contributed by atoms with E-state index in [2.05, 4.69) is 10.2 Å². The number of carbonyl (C=O) groups is 2. The maximum absolute atomic E-state index is 13.2. The van der Waals surface area contributed by atoms with Gasteiger partial charge < -0.3 is 10.2 Å². The van der Waals surface area contributed by atoms with Crippen molar-refractivity contribution in [1.82, 2.24) is 9.80 Å². The number of piperazine rings is 1. The van der Waals surface area contributed by atoms with E-state index in [-0.39, 0.29) is 17.9 Å². The summed E-state index contributed by atoms with van der Waals surface area (Å²) in [5.74, 6) is 1.06. The molecule has 1 atom stereocenters. The molecule has 6 heteroatoms. The second-order valence-corrected chi connectivity index (χ2v) is 9.26.